The molecule has 2 rings (SSSR count). The first-order valence-electron chi connectivity index (χ1n) is 6.51. The summed E-state index contributed by atoms with van der Waals surface area (Å²) in [5.74, 6) is 0.453. The number of hydrogen-bond donors (Lipinski definition) is 1. The summed E-state index contributed by atoms with van der Waals surface area (Å²) in [4.78, 5) is 0. The molecule has 1 N–H and O–H groups in total. The molecule has 4 heteroatoms. The van der Waals surface area contributed by atoms with Crippen LogP contribution in [-0.2, 0) is 0 Å². The minimum atomic E-state index is -0.309. The van der Waals surface area contributed by atoms with Gasteiger partial charge in [0.25, 0.3) is 0 Å². The fourth-order valence-electron chi connectivity index (χ4n) is 2.22. The first kappa shape index (κ1) is 14.8. The van der Waals surface area contributed by atoms with Crippen molar-refractivity contribution in [1.29, 1.82) is 0 Å². The number of ether oxygens (including phenoxy) is 1. The molecule has 1 atom stereocenters. The van der Waals surface area contributed by atoms with E-state index in [2.05, 4.69) is 5.32 Å². The fraction of sp³-hybridized carbons (Fsp3) is 0.250. The Kier molecular flexibility index (Phi) is 4.99. The zero-order chi connectivity index (χ0) is 14.5. The highest BCUT2D eigenvalue weighted by atomic mass is 35.5. The normalized spacial score (nSPS) is 12.2. The molecule has 0 heterocycles. The Morgan fingerprint density at radius 2 is 1.95 bits per heavy atom. The standard InChI is InChI=1S/C16H17ClFNO/c1-3-20-15-7-5-4-6-12(15)16(19-2)13-10-11(17)8-9-14(13)18/h4-10,16,19H,3H2,1-2H3. The Bertz CT molecular complexity index is 588. The van der Waals surface area contributed by atoms with Gasteiger partial charge in [0.15, 0.2) is 0 Å². The predicted octanol–water partition coefficient (Wildman–Crippen LogP) is 4.19. The van der Waals surface area contributed by atoms with Crippen LogP contribution in [0.5, 0.6) is 5.75 Å². The molecule has 1 unspecified atom stereocenters. The summed E-state index contributed by atoms with van der Waals surface area (Å²) >= 11 is 5.98. The summed E-state index contributed by atoms with van der Waals surface area (Å²) in [5.41, 5.74) is 1.39. The maximum atomic E-state index is 14.1. The number of para-hydroxylation sites is 1. The molecule has 0 aliphatic heterocycles. The SMILES string of the molecule is CCOc1ccccc1C(NC)c1cc(Cl)ccc1F. The van der Waals surface area contributed by atoms with Gasteiger partial charge in [-0.2, -0.15) is 0 Å². The number of hydrogen-bond acceptors (Lipinski definition) is 2. The van der Waals surface area contributed by atoms with Crippen molar-refractivity contribution >= 4 is 11.6 Å². The van der Waals surface area contributed by atoms with Crippen molar-refractivity contribution in [2.75, 3.05) is 13.7 Å². The molecule has 0 aliphatic rings. The van der Waals surface area contributed by atoms with Gasteiger partial charge in [-0.15, -0.1) is 0 Å². The molecule has 0 saturated carbocycles. The van der Waals surface area contributed by atoms with Crippen LogP contribution in [0.3, 0.4) is 0 Å². The van der Waals surface area contributed by atoms with Crippen LogP contribution in [0, 0.1) is 5.82 Å². The van der Waals surface area contributed by atoms with Gasteiger partial charge >= 0.3 is 0 Å². The Morgan fingerprint density at radius 1 is 1.20 bits per heavy atom. The zero-order valence-corrected chi connectivity index (χ0v) is 12.2. The second-order valence-electron chi connectivity index (χ2n) is 4.36. The highest BCUT2D eigenvalue weighted by Gasteiger charge is 2.20. The molecular formula is C16H17ClFNO. The van der Waals surface area contributed by atoms with Crippen LogP contribution in [0.1, 0.15) is 24.1 Å². The van der Waals surface area contributed by atoms with Gasteiger partial charge in [0, 0.05) is 16.1 Å². The van der Waals surface area contributed by atoms with Crippen molar-refractivity contribution < 1.29 is 9.13 Å². The third kappa shape index (κ3) is 3.11. The lowest BCUT2D eigenvalue weighted by molar-refractivity contribution is 0.334. The third-order valence-corrected chi connectivity index (χ3v) is 3.32. The smallest absolute Gasteiger partial charge is 0.128 e. The molecule has 0 aliphatic carbocycles. The molecule has 20 heavy (non-hydrogen) atoms. The average Bonchev–Trinajstić information content (AvgIpc) is 2.45. The van der Waals surface area contributed by atoms with Crippen molar-refractivity contribution in [1.82, 2.24) is 5.32 Å². The number of rotatable bonds is 5. The van der Waals surface area contributed by atoms with Crippen LogP contribution in [-0.4, -0.2) is 13.7 Å². The van der Waals surface area contributed by atoms with Gasteiger partial charge in [0.1, 0.15) is 11.6 Å². The Balaban J connectivity index is 2.49. The maximum absolute atomic E-state index is 14.1. The van der Waals surface area contributed by atoms with E-state index in [0.717, 1.165) is 11.3 Å². The lowest BCUT2D eigenvalue weighted by atomic mass is 9.97. The topological polar surface area (TPSA) is 21.3 Å². The minimum absolute atomic E-state index is 0.292. The van der Waals surface area contributed by atoms with Crippen LogP contribution < -0.4 is 10.1 Å². The molecule has 0 bridgehead atoms. The molecule has 0 saturated heterocycles. The van der Waals surface area contributed by atoms with Gasteiger partial charge in [-0.3, -0.25) is 0 Å². The van der Waals surface area contributed by atoms with Crippen LogP contribution >= 0.6 is 11.6 Å². The number of benzene rings is 2. The van der Waals surface area contributed by atoms with E-state index in [-0.39, 0.29) is 11.9 Å². The number of halogens is 2. The minimum Gasteiger partial charge on any atom is -0.494 e. The van der Waals surface area contributed by atoms with Crippen LogP contribution in [0.25, 0.3) is 0 Å². The van der Waals surface area contributed by atoms with Crippen LogP contribution in [0.2, 0.25) is 5.02 Å². The Labute approximate surface area is 123 Å². The summed E-state index contributed by atoms with van der Waals surface area (Å²) in [6.45, 7) is 2.48. The second-order valence-corrected chi connectivity index (χ2v) is 4.79. The first-order valence-corrected chi connectivity index (χ1v) is 6.89. The van der Waals surface area contributed by atoms with E-state index in [1.807, 2.05) is 31.2 Å². The van der Waals surface area contributed by atoms with Gasteiger partial charge in [-0.25, -0.2) is 4.39 Å². The maximum Gasteiger partial charge on any atom is 0.128 e. The second kappa shape index (κ2) is 6.73. The van der Waals surface area contributed by atoms with E-state index < -0.39 is 0 Å². The molecule has 2 nitrogen and oxygen atoms in total. The molecule has 0 fully saturated rings. The van der Waals surface area contributed by atoms with Crippen molar-refractivity contribution in [3.05, 3.63) is 64.4 Å². The highest BCUT2D eigenvalue weighted by molar-refractivity contribution is 6.30. The van der Waals surface area contributed by atoms with Gasteiger partial charge in [-0.05, 0) is 38.2 Å². The summed E-state index contributed by atoms with van der Waals surface area (Å²) in [5, 5.41) is 3.63. The summed E-state index contributed by atoms with van der Waals surface area (Å²) in [7, 11) is 1.79. The lowest BCUT2D eigenvalue weighted by Crippen LogP contribution is -2.20. The molecule has 0 amide bonds. The summed E-state index contributed by atoms with van der Waals surface area (Å²) in [6.07, 6.45) is 0. The average molecular weight is 294 g/mol. The predicted molar refractivity (Wildman–Crippen MR) is 79.9 cm³/mol. The molecule has 2 aromatic rings. The largest absolute Gasteiger partial charge is 0.494 e. The summed E-state index contributed by atoms with van der Waals surface area (Å²) < 4.78 is 19.7. The fourth-order valence-corrected chi connectivity index (χ4v) is 2.40. The van der Waals surface area contributed by atoms with Gasteiger partial charge in [0.05, 0.1) is 12.6 Å². The summed E-state index contributed by atoms with van der Waals surface area (Å²) in [6, 6.07) is 11.9. The lowest BCUT2D eigenvalue weighted by Gasteiger charge is -2.21. The van der Waals surface area contributed by atoms with E-state index >= 15 is 0 Å². The quantitative estimate of drug-likeness (QED) is 0.892. The van der Waals surface area contributed by atoms with Crippen molar-refractivity contribution in [3.8, 4) is 5.75 Å². The first-order chi connectivity index (χ1) is 9.67. The van der Waals surface area contributed by atoms with E-state index in [1.54, 1.807) is 19.2 Å². The van der Waals surface area contributed by atoms with Crippen molar-refractivity contribution in [2.24, 2.45) is 0 Å². The molecule has 0 spiro atoms. The van der Waals surface area contributed by atoms with Crippen LogP contribution in [0.15, 0.2) is 42.5 Å². The molecule has 2 aromatic carbocycles. The van der Waals surface area contributed by atoms with E-state index in [9.17, 15) is 4.39 Å². The van der Waals surface area contributed by atoms with Crippen molar-refractivity contribution in [3.63, 3.8) is 0 Å². The van der Waals surface area contributed by atoms with Crippen molar-refractivity contribution in [2.45, 2.75) is 13.0 Å². The Morgan fingerprint density at radius 3 is 2.65 bits per heavy atom. The van der Waals surface area contributed by atoms with E-state index in [1.165, 1.54) is 6.07 Å². The van der Waals surface area contributed by atoms with E-state index in [4.69, 9.17) is 16.3 Å². The number of nitrogens with one attached hydrogen (secondary N) is 1. The van der Waals surface area contributed by atoms with Crippen LogP contribution in [0.4, 0.5) is 4.39 Å². The molecule has 0 radical (unpaired) electrons. The molecular weight excluding hydrogens is 277 g/mol. The third-order valence-electron chi connectivity index (χ3n) is 3.09. The Hall–Kier alpha value is -1.58. The molecule has 106 valence electrons. The van der Waals surface area contributed by atoms with Gasteiger partial charge in [-0.1, -0.05) is 29.8 Å². The van der Waals surface area contributed by atoms with Gasteiger partial charge < -0.3 is 10.1 Å². The van der Waals surface area contributed by atoms with E-state index in [0.29, 0.717) is 17.2 Å². The molecule has 0 aromatic heterocycles. The highest BCUT2D eigenvalue weighted by Crippen LogP contribution is 2.32. The monoisotopic (exact) mass is 293 g/mol. The zero-order valence-electron chi connectivity index (χ0n) is 11.5. The van der Waals surface area contributed by atoms with Gasteiger partial charge in [0.2, 0.25) is 0 Å².